The first-order chi connectivity index (χ1) is 13.7. The molecule has 0 aliphatic heterocycles. The van der Waals surface area contributed by atoms with E-state index in [1.54, 1.807) is 25.6 Å². The third-order valence-corrected chi connectivity index (χ3v) is 3.55. The zero-order valence-electron chi connectivity index (χ0n) is 18.2. The van der Waals surface area contributed by atoms with E-state index in [0.29, 0.717) is 19.4 Å². The average Bonchev–Trinajstić information content (AvgIpc) is 2.69. The topological polar surface area (TPSA) is 154 Å². The van der Waals surface area contributed by atoms with Crippen LogP contribution in [0.15, 0.2) is 0 Å². The van der Waals surface area contributed by atoms with Gasteiger partial charge in [-0.25, -0.2) is 0 Å². The van der Waals surface area contributed by atoms with Gasteiger partial charge in [0.15, 0.2) is 0 Å². The standard InChI is InChI=1S/C13H25N3O3S.C3H5NO3.C2H6/c1-5-14-11(17)8-15-13(19)10(6-7-20-4)16-12(18)9(2)3;5-2-4-1-3(6)7;1-2/h9-10H,5-8H2,1-4H3,(H,14,17)(H,15,19)(H,16,18);2H,1H2,(H,4,5)(H,6,7);1-2H3. The fourth-order valence-electron chi connectivity index (χ4n) is 1.52. The third kappa shape index (κ3) is 21.9. The number of hydrogen-bond donors (Lipinski definition) is 5. The van der Waals surface area contributed by atoms with Gasteiger partial charge in [0.25, 0.3) is 0 Å². The maximum atomic E-state index is 12.0. The maximum absolute atomic E-state index is 12.0. The summed E-state index contributed by atoms with van der Waals surface area (Å²) in [6, 6.07) is -0.591. The molecule has 0 saturated carbocycles. The molecule has 1 atom stereocenters. The summed E-state index contributed by atoms with van der Waals surface area (Å²) in [6.07, 6.45) is 2.82. The predicted octanol–water partition coefficient (Wildman–Crippen LogP) is -0.0242. The van der Waals surface area contributed by atoms with Crippen LogP contribution in [-0.4, -0.2) is 72.9 Å². The number of amides is 4. The van der Waals surface area contributed by atoms with Crippen LogP contribution in [0.4, 0.5) is 0 Å². The summed E-state index contributed by atoms with van der Waals surface area (Å²) in [5.74, 6) is -1.17. The predicted molar refractivity (Wildman–Crippen MR) is 115 cm³/mol. The number of carbonyl (C=O) groups excluding carboxylic acids is 4. The highest BCUT2D eigenvalue weighted by Crippen LogP contribution is 2.03. The number of rotatable bonds is 12. The van der Waals surface area contributed by atoms with E-state index >= 15 is 0 Å². The van der Waals surface area contributed by atoms with Gasteiger partial charge in [0.1, 0.15) is 12.6 Å². The molecule has 0 aromatic carbocycles. The Balaban J connectivity index is -0.000000629. The van der Waals surface area contributed by atoms with Crippen LogP contribution in [0.1, 0.15) is 41.0 Å². The lowest BCUT2D eigenvalue weighted by atomic mass is 10.1. The van der Waals surface area contributed by atoms with Crippen LogP contribution < -0.4 is 21.3 Å². The van der Waals surface area contributed by atoms with Gasteiger partial charge in [0, 0.05) is 12.5 Å². The molecular formula is C18H36N4O6S. The monoisotopic (exact) mass is 436 g/mol. The van der Waals surface area contributed by atoms with Gasteiger partial charge in [-0.15, -0.1) is 0 Å². The molecule has 0 aliphatic rings. The molecule has 0 heterocycles. The van der Waals surface area contributed by atoms with Crippen LogP contribution in [0.2, 0.25) is 0 Å². The van der Waals surface area contributed by atoms with Gasteiger partial charge in [-0.1, -0.05) is 27.7 Å². The van der Waals surface area contributed by atoms with Crippen molar-refractivity contribution >= 4 is 41.9 Å². The number of nitrogens with one attached hydrogen (secondary N) is 4. The Bertz CT molecular complexity index is 489. The normalized spacial score (nSPS) is 10.2. The highest BCUT2D eigenvalue weighted by atomic mass is 32.2. The molecule has 4 amide bonds. The van der Waals surface area contributed by atoms with E-state index < -0.39 is 12.0 Å². The van der Waals surface area contributed by atoms with Gasteiger partial charge in [0.2, 0.25) is 24.1 Å². The van der Waals surface area contributed by atoms with E-state index in [1.807, 2.05) is 32.3 Å². The van der Waals surface area contributed by atoms with E-state index in [-0.39, 0.29) is 36.7 Å². The quantitative estimate of drug-likeness (QED) is 0.269. The van der Waals surface area contributed by atoms with Crippen molar-refractivity contribution in [3.63, 3.8) is 0 Å². The van der Waals surface area contributed by atoms with Crippen LogP contribution in [0, 0.1) is 5.92 Å². The molecule has 0 fully saturated rings. The second kappa shape index (κ2) is 22.0. The first-order valence-corrected chi connectivity index (χ1v) is 10.8. The number of carbonyl (C=O) groups is 5. The van der Waals surface area contributed by atoms with Gasteiger partial charge in [-0.05, 0) is 25.4 Å². The number of hydrogen-bond acceptors (Lipinski definition) is 6. The van der Waals surface area contributed by atoms with E-state index in [4.69, 9.17) is 5.11 Å². The van der Waals surface area contributed by atoms with E-state index in [0.717, 1.165) is 5.75 Å². The Morgan fingerprint density at radius 2 is 1.62 bits per heavy atom. The van der Waals surface area contributed by atoms with Crippen molar-refractivity contribution in [1.29, 1.82) is 0 Å². The Hall–Kier alpha value is -2.30. The maximum Gasteiger partial charge on any atom is 0.322 e. The average molecular weight is 437 g/mol. The summed E-state index contributed by atoms with van der Waals surface area (Å²) < 4.78 is 0. The number of thioether (sulfide) groups is 1. The lowest BCUT2D eigenvalue weighted by Gasteiger charge is -2.19. The van der Waals surface area contributed by atoms with Gasteiger partial charge < -0.3 is 26.4 Å². The zero-order valence-corrected chi connectivity index (χ0v) is 19.0. The summed E-state index contributed by atoms with van der Waals surface area (Å²) in [5, 5.41) is 17.6. The van der Waals surface area contributed by atoms with Crippen molar-refractivity contribution in [3.8, 4) is 0 Å². The molecule has 11 heteroatoms. The number of aliphatic carboxylic acids is 1. The molecule has 0 aromatic rings. The Labute approximate surface area is 177 Å². The lowest BCUT2D eigenvalue weighted by molar-refractivity contribution is -0.136. The summed E-state index contributed by atoms with van der Waals surface area (Å²) in [5.41, 5.74) is 0. The van der Waals surface area contributed by atoms with Crippen molar-refractivity contribution in [2.24, 2.45) is 5.92 Å². The minimum absolute atomic E-state index is 0.0695. The highest BCUT2D eigenvalue weighted by molar-refractivity contribution is 7.98. The smallest absolute Gasteiger partial charge is 0.322 e. The SMILES string of the molecule is CC.CCNC(=O)CNC(=O)C(CCSC)NC(=O)C(C)C.O=CNCC(=O)O. The van der Waals surface area contributed by atoms with E-state index in [2.05, 4.69) is 16.0 Å². The Morgan fingerprint density at radius 1 is 1.03 bits per heavy atom. The minimum Gasteiger partial charge on any atom is -0.480 e. The lowest BCUT2D eigenvalue weighted by Crippen LogP contribution is -2.50. The van der Waals surface area contributed by atoms with E-state index in [9.17, 15) is 24.0 Å². The molecule has 29 heavy (non-hydrogen) atoms. The molecular weight excluding hydrogens is 400 g/mol. The molecule has 170 valence electrons. The fraction of sp³-hybridized carbons (Fsp3) is 0.722. The first-order valence-electron chi connectivity index (χ1n) is 9.42. The molecule has 0 spiro atoms. The molecule has 0 radical (unpaired) electrons. The fourth-order valence-corrected chi connectivity index (χ4v) is 1.99. The second-order valence-corrected chi connectivity index (χ2v) is 6.55. The number of likely N-dealkylation sites (N-methyl/N-ethyl adjacent to an activating group) is 1. The zero-order chi connectivity index (χ0) is 23.2. The van der Waals surface area contributed by atoms with Crippen LogP contribution in [0.25, 0.3) is 0 Å². The van der Waals surface area contributed by atoms with Crippen molar-refractivity contribution in [2.45, 2.75) is 47.1 Å². The van der Waals surface area contributed by atoms with Crippen LogP contribution >= 0.6 is 11.8 Å². The van der Waals surface area contributed by atoms with E-state index in [1.165, 1.54) is 0 Å². The third-order valence-electron chi connectivity index (χ3n) is 2.90. The molecule has 0 saturated heterocycles. The van der Waals surface area contributed by atoms with Crippen molar-refractivity contribution < 1.29 is 29.1 Å². The summed E-state index contributed by atoms with van der Waals surface area (Å²) in [4.78, 5) is 53.9. The Morgan fingerprint density at radius 3 is 2.00 bits per heavy atom. The molecule has 1 unspecified atom stereocenters. The number of carboxylic acids is 1. The minimum atomic E-state index is -1.04. The van der Waals surface area contributed by atoms with Gasteiger partial charge >= 0.3 is 5.97 Å². The van der Waals surface area contributed by atoms with Crippen LogP contribution in [-0.2, 0) is 24.0 Å². The summed E-state index contributed by atoms with van der Waals surface area (Å²) in [7, 11) is 0. The molecule has 5 N–H and O–H groups in total. The molecule has 0 aliphatic carbocycles. The van der Waals surface area contributed by atoms with Gasteiger partial charge in [0.05, 0.1) is 6.54 Å². The second-order valence-electron chi connectivity index (χ2n) is 5.56. The molecule has 0 bridgehead atoms. The molecule has 0 rings (SSSR count). The summed E-state index contributed by atoms with van der Waals surface area (Å²) in [6.45, 7) is 9.50. The number of carboxylic acid groups (broad SMARTS) is 1. The van der Waals surface area contributed by atoms with Crippen LogP contribution in [0.3, 0.4) is 0 Å². The molecule has 0 aromatic heterocycles. The highest BCUT2D eigenvalue weighted by Gasteiger charge is 2.21. The van der Waals surface area contributed by atoms with Gasteiger partial charge in [-0.2, -0.15) is 11.8 Å². The summed E-state index contributed by atoms with van der Waals surface area (Å²) >= 11 is 1.60. The molecule has 10 nitrogen and oxygen atoms in total. The van der Waals surface area contributed by atoms with Crippen molar-refractivity contribution in [2.75, 3.05) is 31.6 Å². The van der Waals surface area contributed by atoms with Crippen molar-refractivity contribution in [3.05, 3.63) is 0 Å². The van der Waals surface area contributed by atoms with Gasteiger partial charge in [-0.3, -0.25) is 24.0 Å². The largest absolute Gasteiger partial charge is 0.480 e. The van der Waals surface area contributed by atoms with Crippen LogP contribution in [0.5, 0.6) is 0 Å². The Kier molecular flexibility index (Phi) is 23.8. The van der Waals surface area contributed by atoms with Crippen molar-refractivity contribution in [1.82, 2.24) is 21.3 Å². The first kappa shape index (κ1) is 31.4.